The molecular weight excluding hydrogens is 450 g/mol. The second-order valence-electron chi connectivity index (χ2n) is 12.7. The van der Waals surface area contributed by atoms with Crippen LogP contribution in [0.5, 0.6) is 0 Å². The molecule has 12 unspecified atom stereocenters. The number of nitrogens with one attached hydrogen (secondary N) is 1. The van der Waals surface area contributed by atoms with Crippen LogP contribution in [0.3, 0.4) is 0 Å². The molecule has 8 heteroatoms. The van der Waals surface area contributed by atoms with E-state index in [2.05, 4.69) is 26.1 Å². The zero-order valence-corrected chi connectivity index (χ0v) is 21.4. The highest BCUT2D eigenvalue weighted by molar-refractivity contribution is 5.83. The first-order valence-corrected chi connectivity index (χ1v) is 13.6. The van der Waals surface area contributed by atoms with E-state index in [-0.39, 0.29) is 58.9 Å². The SMILES string of the molecule is CC(CCC(=O)NC(CO)C(=O)O)C1CCC2C3C(O)CC4CC(O)CCC4(C)C3CC(O)C12C. The Labute approximate surface area is 208 Å². The maximum Gasteiger partial charge on any atom is 0.328 e. The van der Waals surface area contributed by atoms with Gasteiger partial charge in [0.1, 0.15) is 6.04 Å². The number of rotatable bonds is 7. The second-order valence-corrected chi connectivity index (χ2v) is 12.7. The summed E-state index contributed by atoms with van der Waals surface area (Å²) in [5.41, 5.74) is -0.287. The molecule has 4 fully saturated rings. The number of aliphatic hydroxyl groups excluding tert-OH is 4. The third-order valence-corrected chi connectivity index (χ3v) is 11.2. The quantitative estimate of drug-likeness (QED) is 0.316. The third kappa shape index (κ3) is 4.53. The molecule has 1 amide bonds. The molecule has 0 radical (unpaired) electrons. The minimum Gasteiger partial charge on any atom is -0.480 e. The number of carbonyl (C=O) groups excluding carboxylic acids is 1. The van der Waals surface area contributed by atoms with E-state index in [1.54, 1.807) is 0 Å². The smallest absolute Gasteiger partial charge is 0.328 e. The van der Waals surface area contributed by atoms with Crippen molar-refractivity contribution < 1.29 is 35.1 Å². The molecule has 0 saturated heterocycles. The fraction of sp³-hybridized carbons (Fsp3) is 0.926. The summed E-state index contributed by atoms with van der Waals surface area (Å²) in [4.78, 5) is 23.4. The molecule has 0 aromatic heterocycles. The van der Waals surface area contributed by atoms with Gasteiger partial charge >= 0.3 is 5.97 Å². The first kappa shape index (κ1) is 26.8. The normalized spacial score (nSPS) is 46.6. The zero-order chi connectivity index (χ0) is 25.7. The van der Waals surface area contributed by atoms with Gasteiger partial charge in [-0.05, 0) is 97.7 Å². The van der Waals surface area contributed by atoms with Crippen molar-refractivity contribution >= 4 is 11.9 Å². The van der Waals surface area contributed by atoms with Gasteiger partial charge in [-0.3, -0.25) is 4.79 Å². The number of fused-ring (bicyclic) bond motifs is 5. The predicted octanol–water partition coefficient (Wildman–Crippen LogP) is 1.93. The molecule has 35 heavy (non-hydrogen) atoms. The van der Waals surface area contributed by atoms with E-state index in [0.29, 0.717) is 18.8 Å². The first-order valence-electron chi connectivity index (χ1n) is 13.6. The van der Waals surface area contributed by atoms with Crippen molar-refractivity contribution in [2.45, 2.75) is 103 Å². The van der Waals surface area contributed by atoms with Gasteiger partial charge in [-0.1, -0.05) is 20.8 Å². The van der Waals surface area contributed by atoms with Crippen LogP contribution in [0, 0.1) is 46.3 Å². The summed E-state index contributed by atoms with van der Waals surface area (Å²) in [7, 11) is 0. The summed E-state index contributed by atoms with van der Waals surface area (Å²) in [6.07, 6.45) is 5.39. The molecule has 4 aliphatic rings. The molecule has 12 atom stereocenters. The van der Waals surface area contributed by atoms with E-state index in [4.69, 9.17) is 10.2 Å². The number of carboxylic acids is 1. The minimum absolute atomic E-state index is 0.0423. The van der Waals surface area contributed by atoms with Gasteiger partial charge in [0.15, 0.2) is 0 Å². The van der Waals surface area contributed by atoms with Crippen molar-refractivity contribution in [3.05, 3.63) is 0 Å². The van der Waals surface area contributed by atoms with Crippen LogP contribution in [-0.2, 0) is 9.59 Å². The molecule has 6 N–H and O–H groups in total. The number of carboxylic acid groups (broad SMARTS) is 1. The Bertz CT molecular complexity index is 806. The number of hydrogen-bond donors (Lipinski definition) is 6. The summed E-state index contributed by atoms with van der Waals surface area (Å²) in [5, 5.41) is 53.8. The van der Waals surface area contributed by atoms with Gasteiger partial charge in [-0.25, -0.2) is 4.79 Å². The molecule has 4 saturated carbocycles. The predicted molar refractivity (Wildman–Crippen MR) is 129 cm³/mol. The lowest BCUT2D eigenvalue weighted by Gasteiger charge is -2.63. The fourth-order valence-corrected chi connectivity index (χ4v) is 9.14. The van der Waals surface area contributed by atoms with Crippen LogP contribution in [-0.4, -0.2) is 68.4 Å². The molecule has 4 aliphatic carbocycles. The first-order chi connectivity index (χ1) is 16.4. The molecule has 0 bridgehead atoms. The van der Waals surface area contributed by atoms with E-state index in [0.717, 1.165) is 38.5 Å². The summed E-state index contributed by atoms with van der Waals surface area (Å²) < 4.78 is 0. The zero-order valence-electron chi connectivity index (χ0n) is 21.4. The highest BCUT2D eigenvalue weighted by Crippen LogP contribution is 2.68. The van der Waals surface area contributed by atoms with Crippen LogP contribution in [0.2, 0.25) is 0 Å². The minimum atomic E-state index is -1.29. The van der Waals surface area contributed by atoms with Crippen molar-refractivity contribution in [1.82, 2.24) is 5.32 Å². The molecule has 200 valence electrons. The van der Waals surface area contributed by atoms with Crippen LogP contribution < -0.4 is 5.32 Å². The van der Waals surface area contributed by atoms with Gasteiger partial charge in [0.25, 0.3) is 0 Å². The van der Waals surface area contributed by atoms with Crippen molar-refractivity contribution in [1.29, 1.82) is 0 Å². The topological polar surface area (TPSA) is 147 Å². The van der Waals surface area contributed by atoms with E-state index in [1.807, 2.05) is 0 Å². The Morgan fingerprint density at radius 3 is 2.40 bits per heavy atom. The van der Waals surface area contributed by atoms with Crippen LogP contribution in [0.25, 0.3) is 0 Å². The number of amides is 1. The standard InChI is InChI=1S/C27H45NO7/c1-14(4-7-23(33)28-20(13-29)25(34)35)17-5-6-18-24-19(12-22(32)27(17,18)3)26(2)9-8-16(30)10-15(26)11-21(24)31/h14-22,24,29-32H,4-13H2,1-3H3,(H,28,33)(H,34,35). The lowest BCUT2D eigenvalue weighted by molar-refractivity contribution is -0.207. The number of aliphatic carboxylic acids is 1. The average molecular weight is 496 g/mol. The lowest BCUT2D eigenvalue weighted by atomic mass is 9.43. The van der Waals surface area contributed by atoms with Gasteiger partial charge in [-0.2, -0.15) is 0 Å². The summed E-state index contributed by atoms with van der Waals surface area (Å²) in [6.45, 7) is 5.98. The van der Waals surface area contributed by atoms with Crippen LogP contribution in [0.15, 0.2) is 0 Å². The second kappa shape index (κ2) is 9.92. The Kier molecular flexibility index (Phi) is 7.60. The Balaban J connectivity index is 1.47. The average Bonchev–Trinajstić information content (AvgIpc) is 3.16. The van der Waals surface area contributed by atoms with Gasteiger partial charge in [0.05, 0.1) is 24.9 Å². The Morgan fingerprint density at radius 2 is 1.74 bits per heavy atom. The van der Waals surface area contributed by atoms with Crippen LogP contribution in [0.1, 0.15) is 78.6 Å². The number of aliphatic hydroxyl groups is 4. The Hall–Kier alpha value is -1.22. The number of hydrogen-bond acceptors (Lipinski definition) is 6. The molecule has 0 spiro atoms. The molecule has 0 aliphatic heterocycles. The third-order valence-electron chi connectivity index (χ3n) is 11.2. The summed E-state index contributed by atoms with van der Waals surface area (Å²) in [6, 6.07) is -1.29. The van der Waals surface area contributed by atoms with Gasteiger partial charge < -0.3 is 30.8 Å². The van der Waals surface area contributed by atoms with E-state index >= 15 is 0 Å². The van der Waals surface area contributed by atoms with Crippen LogP contribution >= 0.6 is 0 Å². The molecule has 0 aromatic rings. The lowest BCUT2D eigenvalue weighted by Crippen LogP contribution is -2.62. The van der Waals surface area contributed by atoms with Gasteiger partial charge in [-0.15, -0.1) is 0 Å². The van der Waals surface area contributed by atoms with Crippen molar-refractivity contribution in [2.24, 2.45) is 46.3 Å². The van der Waals surface area contributed by atoms with Gasteiger partial charge in [0, 0.05) is 6.42 Å². The molecule has 4 rings (SSSR count). The van der Waals surface area contributed by atoms with Crippen molar-refractivity contribution in [2.75, 3.05) is 6.61 Å². The van der Waals surface area contributed by atoms with Crippen molar-refractivity contribution in [3.63, 3.8) is 0 Å². The summed E-state index contributed by atoms with van der Waals surface area (Å²) in [5.74, 6) is -0.337. The summed E-state index contributed by atoms with van der Waals surface area (Å²) >= 11 is 0. The fourth-order valence-electron chi connectivity index (χ4n) is 9.14. The van der Waals surface area contributed by atoms with E-state index < -0.39 is 30.8 Å². The van der Waals surface area contributed by atoms with Crippen molar-refractivity contribution in [3.8, 4) is 0 Å². The molecule has 8 nitrogen and oxygen atoms in total. The maximum absolute atomic E-state index is 12.3. The molecule has 0 heterocycles. The largest absolute Gasteiger partial charge is 0.480 e. The number of carbonyl (C=O) groups is 2. The van der Waals surface area contributed by atoms with Gasteiger partial charge in [0.2, 0.25) is 5.91 Å². The maximum atomic E-state index is 12.3. The highest BCUT2D eigenvalue weighted by atomic mass is 16.4. The Morgan fingerprint density at radius 1 is 1.03 bits per heavy atom. The monoisotopic (exact) mass is 495 g/mol. The van der Waals surface area contributed by atoms with E-state index in [1.165, 1.54) is 0 Å². The molecular formula is C27H45NO7. The molecule has 0 aromatic carbocycles. The van der Waals surface area contributed by atoms with E-state index in [9.17, 15) is 24.9 Å². The highest BCUT2D eigenvalue weighted by Gasteiger charge is 2.65. The van der Waals surface area contributed by atoms with Crippen LogP contribution in [0.4, 0.5) is 0 Å².